The average molecular weight is 514 g/mol. The van der Waals surface area contributed by atoms with E-state index in [1.807, 2.05) is 31.2 Å². The molecule has 0 aromatic heterocycles. The number of nitrogens with one attached hydrogen (secondary N) is 1. The number of rotatable bonds is 10. The van der Waals surface area contributed by atoms with E-state index in [9.17, 15) is 19.2 Å². The molecular formula is C25H28BrN3O4. The molecule has 33 heavy (non-hydrogen) atoms. The van der Waals surface area contributed by atoms with Gasteiger partial charge in [-0.3, -0.25) is 24.1 Å². The number of nitrogens with zero attached hydrogens (tertiary/aromatic N) is 2. The first kappa shape index (κ1) is 24.6. The Bertz CT molecular complexity index is 1000. The highest BCUT2D eigenvalue weighted by molar-refractivity contribution is 9.10. The lowest BCUT2D eigenvalue weighted by Crippen LogP contribution is -2.47. The maximum Gasteiger partial charge on any atom is 0.261 e. The third kappa shape index (κ3) is 5.87. The van der Waals surface area contributed by atoms with E-state index in [4.69, 9.17) is 0 Å². The SMILES string of the molecule is CCCNC(=O)[C@@H](C)N(Cc1ccc(Br)cc1)C(=O)CCCN1C(=O)c2ccccc2C1=O. The van der Waals surface area contributed by atoms with Crippen molar-refractivity contribution in [2.75, 3.05) is 13.1 Å². The molecule has 0 radical (unpaired) electrons. The van der Waals surface area contributed by atoms with E-state index >= 15 is 0 Å². The summed E-state index contributed by atoms with van der Waals surface area (Å²) in [5.41, 5.74) is 1.70. The lowest BCUT2D eigenvalue weighted by Gasteiger charge is -2.29. The van der Waals surface area contributed by atoms with Gasteiger partial charge in [0.15, 0.2) is 0 Å². The van der Waals surface area contributed by atoms with Gasteiger partial charge in [0.2, 0.25) is 11.8 Å². The van der Waals surface area contributed by atoms with Crippen LogP contribution in [0.5, 0.6) is 0 Å². The average Bonchev–Trinajstić information content (AvgIpc) is 3.06. The van der Waals surface area contributed by atoms with Crippen LogP contribution in [0.15, 0.2) is 53.0 Å². The van der Waals surface area contributed by atoms with E-state index in [0.29, 0.717) is 30.6 Å². The van der Waals surface area contributed by atoms with Crippen molar-refractivity contribution in [3.63, 3.8) is 0 Å². The van der Waals surface area contributed by atoms with E-state index in [1.54, 1.807) is 36.1 Å². The summed E-state index contributed by atoms with van der Waals surface area (Å²) < 4.78 is 0.929. The van der Waals surface area contributed by atoms with Crippen molar-refractivity contribution < 1.29 is 19.2 Å². The van der Waals surface area contributed by atoms with E-state index in [1.165, 1.54) is 4.90 Å². The van der Waals surface area contributed by atoms with Gasteiger partial charge >= 0.3 is 0 Å². The Balaban J connectivity index is 1.65. The molecule has 4 amide bonds. The molecule has 3 rings (SSSR count). The van der Waals surface area contributed by atoms with Crippen molar-refractivity contribution in [2.24, 2.45) is 0 Å². The molecule has 7 nitrogen and oxygen atoms in total. The summed E-state index contributed by atoms with van der Waals surface area (Å²) in [5.74, 6) is -1.07. The Hall–Kier alpha value is -3.00. The standard InChI is InChI=1S/C25H28BrN3O4/c1-3-14-27-23(31)17(2)29(16-18-10-12-19(26)13-11-18)22(30)9-6-15-28-24(32)20-7-4-5-8-21(20)25(28)33/h4-5,7-8,10-13,17H,3,6,9,14-16H2,1-2H3,(H,27,31)/t17-/m1/s1. The van der Waals surface area contributed by atoms with Crippen LogP contribution in [0.3, 0.4) is 0 Å². The fourth-order valence-electron chi connectivity index (χ4n) is 3.74. The molecule has 0 aliphatic carbocycles. The first-order chi connectivity index (χ1) is 15.8. The quantitative estimate of drug-likeness (QED) is 0.490. The zero-order valence-electron chi connectivity index (χ0n) is 18.8. The molecule has 1 aliphatic heterocycles. The van der Waals surface area contributed by atoms with Crippen molar-refractivity contribution in [1.82, 2.24) is 15.1 Å². The third-order valence-electron chi connectivity index (χ3n) is 5.63. The molecule has 0 fully saturated rings. The van der Waals surface area contributed by atoms with Gasteiger partial charge in [-0.05, 0) is 49.6 Å². The predicted molar refractivity (Wildman–Crippen MR) is 128 cm³/mol. The molecule has 2 aromatic carbocycles. The summed E-state index contributed by atoms with van der Waals surface area (Å²) in [4.78, 5) is 53.5. The van der Waals surface area contributed by atoms with E-state index < -0.39 is 6.04 Å². The maximum absolute atomic E-state index is 13.1. The fraction of sp³-hybridized carbons (Fsp3) is 0.360. The number of halogens is 1. The third-order valence-corrected chi connectivity index (χ3v) is 6.16. The number of hydrogen-bond acceptors (Lipinski definition) is 4. The van der Waals surface area contributed by atoms with Crippen LogP contribution in [0.1, 0.15) is 59.4 Å². The molecule has 174 valence electrons. The minimum atomic E-state index is -0.646. The fourth-order valence-corrected chi connectivity index (χ4v) is 4.00. The minimum Gasteiger partial charge on any atom is -0.354 e. The van der Waals surface area contributed by atoms with Crippen LogP contribution in [-0.4, -0.2) is 52.6 Å². The van der Waals surface area contributed by atoms with E-state index in [-0.39, 0.29) is 36.6 Å². The van der Waals surface area contributed by atoms with Gasteiger partial charge in [0, 0.05) is 30.5 Å². The van der Waals surface area contributed by atoms with Gasteiger partial charge in [-0.1, -0.05) is 47.1 Å². The van der Waals surface area contributed by atoms with Crippen LogP contribution in [0.4, 0.5) is 0 Å². The number of carbonyl (C=O) groups excluding carboxylic acids is 4. The predicted octanol–water partition coefficient (Wildman–Crippen LogP) is 3.77. The minimum absolute atomic E-state index is 0.120. The Morgan fingerprint density at radius 2 is 1.64 bits per heavy atom. The molecule has 1 atom stereocenters. The normalized spacial score (nSPS) is 13.6. The molecule has 1 N–H and O–H groups in total. The van der Waals surface area contributed by atoms with Gasteiger partial charge in [0.05, 0.1) is 11.1 Å². The van der Waals surface area contributed by atoms with Crippen molar-refractivity contribution in [3.8, 4) is 0 Å². The van der Waals surface area contributed by atoms with Crippen LogP contribution in [0.25, 0.3) is 0 Å². The van der Waals surface area contributed by atoms with Crippen LogP contribution < -0.4 is 5.32 Å². The number of benzene rings is 2. The zero-order chi connectivity index (χ0) is 24.0. The second-order valence-corrected chi connectivity index (χ2v) is 8.94. The van der Waals surface area contributed by atoms with E-state index in [0.717, 1.165) is 16.5 Å². The smallest absolute Gasteiger partial charge is 0.261 e. The molecule has 0 bridgehead atoms. The lowest BCUT2D eigenvalue weighted by atomic mass is 10.1. The van der Waals surface area contributed by atoms with Crippen molar-refractivity contribution >= 4 is 39.6 Å². The second kappa shape index (κ2) is 11.2. The highest BCUT2D eigenvalue weighted by atomic mass is 79.9. The summed E-state index contributed by atoms with van der Waals surface area (Å²) in [6.45, 7) is 4.67. The van der Waals surface area contributed by atoms with Crippen LogP contribution >= 0.6 is 15.9 Å². The molecule has 0 spiro atoms. The Morgan fingerprint density at radius 3 is 2.21 bits per heavy atom. The summed E-state index contributed by atoms with van der Waals surface area (Å²) in [6.07, 6.45) is 1.25. The number of amides is 4. The van der Waals surface area contributed by atoms with Gasteiger partial charge in [0.25, 0.3) is 11.8 Å². The van der Waals surface area contributed by atoms with Crippen molar-refractivity contribution in [1.29, 1.82) is 0 Å². The zero-order valence-corrected chi connectivity index (χ0v) is 20.4. The summed E-state index contributed by atoms with van der Waals surface area (Å²) in [7, 11) is 0. The van der Waals surface area contributed by atoms with E-state index in [2.05, 4.69) is 21.2 Å². The van der Waals surface area contributed by atoms with Crippen molar-refractivity contribution in [3.05, 3.63) is 69.7 Å². The Kier molecular flexibility index (Phi) is 8.38. The van der Waals surface area contributed by atoms with Gasteiger partial charge < -0.3 is 10.2 Å². The first-order valence-corrected chi connectivity index (χ1v) is 11.9. The highest BCUT2D eigenvalue weighted by Gasteiger charge is 2.35. The summed E-state index contributed by atoms with van der Waals surface area (Å²) in [6, 6.07) is 13.7. The molecule has 1 heterocycles. The molecule has 2 aromatic rings. The van der Waals surface area contributed by atoms with Crippen LogP contribution in [0, 0.1) is 0 Å². The number of carbonyl (C=O) groups is 4. The first-order valence-electron chi connectivity index (χ1n) is 11.1. The Labute approximate surface area is 202 Å². The van der Waals surface area contributed by atoms with Crippen LogP contribution in [-0.2, 0) is 16.1 Å². The molecular weight excluding hydrogens is 486 g/mol. The van der Waals surface area contributed by atoms with Crippen molar-refractivity contribution in [2.45, 2.75) is 45.7 Å². The number of imide groups is 1. The van der Waals surface area contributed by atoms with Gasteiger partial charge in [0.1, 0.15) is 6.04 Å². The Morgan fingerprint density at radius 1 is 1.03 bits per heavy atom. The summed E-state index contributed by atoms with van der Waals surface area (Å²) >= 11 is 3.40. The largest absolute Gasteiger partial charge is 0.354 e. The molecule has 1 aliphatic rings. The van der Waals surface area contributed by atoms with Gasteiger partial charge in [-0.15, -0.1) is 0 Å². The van der Waals surface area contributed by atoms with Crippen LogP contribution in [0.2, 0.25) is 0 Å². The number of fused-ring (bicyclic) bond motifs is 1. The molecule has 0 saturated carbocycles. The lowest BCUT2D eigenvalue weighted by molar-refractivity contribution is -0.140. The second-order valence-electron chi connectivity index (χ2n) is 8.03. The van der Waals surface area contributed by atoms with Gasteiger partial charge in [-0.25, -0.2) is 0 Å². The number of hydrogen-bond donors (Lipinski definition) is 1. The summed E-state index contributed by atoms with van der Waals surface area (Å²) in [5, 5.41) is 2.85. The topological polar surface area (TPSA) is 86.8 Å². The molecule has 8 heteroatoms. The molecule has 0 saturated heterocycles. The maximum atomic E-state index is 13.1. The molecule has 0 unspecified atom stereocenters. The highest BCUT2D eigenvalue weighted by Crippen LogP contribution is 2.23. The monoisotopic (exact) mass is 513 g/mol. The van der Waals surface area contributed by atoms with Gasteiger partial charge in [-0.2, -0.15) is 0 Å².